The molecule has 2 aliphatic rings. The van der Waals surface area contributed by atoms with Crippen molar-refractivity contribution in [3.8, 4) is 5.75 Å². The standard InChI is InChI=1S/C28H32N2O4/c1-6-34-27(32)25-23(18-10-12-20(33-5)13-11-18)24-21(15-28(3,4)16-22(24)31)30(26(25)29)19-9-7-8-17(2)14-19/h7-14,23H,6,15-16,29H2,1-5H3/t23-/m1/s1. The van der Waals surface area contributed by atoms with Gasteiger partial charge in [0.25, 0.3) is 0 Å². The molecule has 0 bridgehead atoms. The Bertz CT molecular complexity index is 1190. The van der Waals surface area contributed by atoms with Crippen LogP contribution in [0.1, 0.15) is 50.7 Å². The van der Waals surface area contributed by atoms with Crippen molar-refractivity contribution < 1.29 is 19.1 Å². The first kappa shape index (κ1) is 23.6. The summed E-state index contributed by atoms with van der Waals surface area (Å²) in [6.45, 7) is 8.16. The Kier molecular flexibility index (Phi) is 6.26. The Morgan fingerprint density at radius 2 is 1.85 bits per heavy atom. The maximum absolute atomic E-state index is 13.7. The largest absolute Gasteiger partial charge is 0.497 e. The predicted molar refractivity (Wildman–Crippen MR) is 132 cm³/mol. The Morgan fingerprint density at radius 1 is 1.15 bits per heavy atom. The summed E-state index contributed by atoms with van der Waals surface area (Å²) < 4.78 is 10.8. The summed E-state index contributed by atoms with van der Waals surface area (Å²) in [5, 5.41) is 0. The molecule has 4 rings (SSSR count). The van der Waals surface area contributed by atoms with Crippen LogP contribution in [0.15, 0.2) is 71.2 Å². The van der Waals surface area contributed by atoms with E-state index in [1.54, 1.807) is 14.0 Å². The number of nitrogens with two attached hydrogens (primary N) is 1. The second-order valence-electron chi connectivity index (χ2n) is 9.70. The number of hydrogen-bond donors (Lipinski definition) is 1. The van der Waals surface area contributed by atoms with Crippen molar-refractivity contribution in [1.29, 1.82) is 0 Å². The van der Waals surface area contributed by atoms with E-state index in [4.69, 9.17) is 15.2 Å². The third-order valence-electron chi connectivity index (χ3n) is 6.46. The minimum Gasteiger partial charge on any atom is -0.497 e. The van der Waals surface area contributed by atoms with Gasteiger partial charge in [-0.05, 0) is 61.1 Å². The molecule has 2 aromatic rings. The van der Waals surface area contributed by atoms with Crippen molar-refractivity contribution in [3.05, 3.63) is 82.3 Å². The molecule has 0 unspecified atom stereocenters. The minimum absolute atomic E-state index is 0.0269. The molecule has 1 aliphatic heterocycles. The fourth-order valence-corrected chi connectivity index (χ4v) is 5.01. The number of hydrogen-bond acceptors (Lipinski definition) is 6. The number of ketones is 1. The van der Waals surface area contributed by atoms with Crippen molar-refractivity contribution in [3.63, 3.8) is 0 Å². The maximum Gasteiger partial charge on any atom is 0.338 e. The molecule has 0 saturated heterocycles. The number of aryl methyl sites for hydroxylation is 1. The highest BCUT2D eigenvalue weighted by molar-refractivity contribution is 6.05. The summed E-state index contributed by atoms with van der Waals surface area (Å²) >= 11 is 0. The van der Waals surface area contributed by atoms with Gasteiger partial charge in [-0.25, -0.2) is 4.79 Å². The molecular formula is C28H32N2O4. The lowest BCUT2D eigenvalue weighted by molar-refractivity contribution is -0.138. The molecule has 2 N–H and O–H groups in total. The number of Topliss-reactive ketones (excluding diaryl/α,β-unsaturated/α-hetero) is 1. The van der Waals surface area contributed by atoms with E-state index in [0.29, 0.717) is 35.6 Å². The zero-order valence-corrected chi connectivity index (χ0v) is 20.5. The highest BCUT2D eigenvalue weighted by Crippen LogP contribution is 2.50. The van der Waals surface area contributed by atoms with Crippen molar-refractivity contribution in [2.75, 3.05) is 18.6 Å². The topological polar surface area (TPSA) is 81.9 Å². The summed E-state index contributed by atoms with van der Waals surface area (Å²) in [6, 6.07) is 15.4. The van der Waals surface area contributed by atoms with Gasteiger partial charge in [-0.2, -0.15) is 0 Å². The van der Waals surface area contributed by atoms with Crippen LogP contribution >= 0.6 is 0 Å². The van der Waals surface area contributed by atoms with Crippen molar-refractivity contribution in [2.24, 2.45) is 11.1 Å². The van der Waals surface area contributed by atoms with Gasteiger partial charge in [0.05, 0.1) is 25.2 Å². The third-order valence-corrected chi connectivity index (χ3v) is 6.46. The van der Waals surface area contributed by atoms with Crippen LogP contribution in [0.4, 0.5) is 5.69 Å². The quantitative estimate of drug-likeness (QED) is 0.634. The average Bonchev–Trinajstić information content (AvgIpc) is 2.77. The van der Waals surface area contributed by atoms with E-state index in [9.17, 15) is 9.59 Å². The van der Waals surface area contributed by atoms with Crippen LogP contribution in [0.3, 0.4) is 0 Å². The number of anilines is 1. The van der Waals surface area contributed by atoms with Crippen molar-refractivity contribution >= 4 is 17.4 Å². The molecule has 178 valence electrons. The first-order chi connectivity index (χ1) is 16.2. The van der Waals surface area contributed by atoms with Gasteiger partial charge >= 0.3 is 5.97 Å². The second kappa shape index (κ2) is 9.01. The summed E-state index contributed by atoms with van der Waals surface area (Å²) in [5.41, 5.74) is 11.0. The molecular weight excluding hydrogens is 428 g/mol. The average molecular weight is 461 g/mol. The molecule has 1 heterocycles. The third kappa shape index (κ3) is 4.20. The number of rotatable bonds is 5. The molecule has 0 spiro atoms. The van der Waals surface area contributed by atoms with E-state index in [1.807, 2.05) is 60.4 Å². The Labute approximate surface area is 201 Å². The van der Waals surface area contributed by atoms with Crippen LogP contribution in [0.5, 0.6) is 5.75 Å². The van der Waals surface area contributed by atoms with Crippen LogP contribution in [-0.2, 0) is 14.3 Å². The number of nitrogens with zero attached hydrogens (tertiary/aromatic N) is 1. The SMILES string of the molecule is CCOC(=O)C1=C(N)N(c2cccc(C)c2)C2=C(C(=O)CC(C)(C)C2)[C@H]1c1ccc(OC)cc1. The van der Waals surface area contributed by atoms with Crippen LogP contribution in [0, 0.1) is 12.3 Å². The number of esters is 1. The fraction of sp³-hybridized carbons (Fsp3) is 0.357. The molecule has 0 amide bonds. The molecule has 0 aromatic heterocycles. The number of methoxy groups -OCH3 is 1. The van der Waals surface area contributed by atoms with Gasteiger partial charge in [0, 0.05) is 23.4 Å². The van der Waals surface area contributed by atoms with Gasteiger partial charge in [-0.3, -0.25) is 9.69 Å². The number of benzene rings is 2. The molecule has 0 radical (unpaired) electrons. The monoisotopic (exact) mass is 460 g/mol. The molecule has 6 heteroatoms. The molecule has 34 heavy (non-hydrogen) atoms. The van der Waals surface area contributed by atoms with E-state index in [-0.39, 0.29) is 17.8 Å². The van der Waals surface area contributed by atoms with Crippen molar-refractivity contribution in [2.45, 2.75) is 46.5 Å². The Hall–Kier alpha value is -3.54. The fourth-order valence-electron chi connectivity index (χ4n) is 5.01. The molecule has 1 atom stereocenters. The number of ether oxygens (including phenoxy) is 2. The normalized spacial score (nSPS) is 19.7. The summed E-state index contributed by atoms with van der Waals surface area (Å²) in [7, 11) is 1.60. The van der Waals surface area contributed by atoms with Gasteiger partial charge < -0.3 is 15.2 Å². The zero-order valence-electron chi connectivity index (χ0n) is 20.5. The molecule has 0 fully saturated rings. The van der Waals surface area contributed by atoms with Gasteiger partial charge in [0.15, 0.2) is 5.78 Å². The Morgan fingerprint density at radius 3 is 2.47 bits per heavy atom. The molecule has 1 aliphatic carbocycles. The van der Waals surface area contributed by atoms with E-state index in [2.05, 4.69) is 13.8 Å². The summed E-state index contributed by atoms with van der Waals surface area (Å²) in [5.74, 6) is -0.0960. The summed E-state index contributed by atoms with van der Waals surface area (Å²) in [4.78, 5) is 28.9. The second-order valence-corrected chi connectivity index (χ2v) is 9.70. The zero-order chi connectivity index (χ0) is 24.6. The van der Waals surface area contributed by atoms with E-state index in [0.717, 1.165) is 22.5 Å². The highest BCUT2D eigenvalue weighted by atomic mass is 16.5. The number of carbonyl (C=O) groups is 2. The first-order valence-electron chi connectivity index (χ1n) is 11.6. The van der Waals surface area contributed by atoms with Crippen LogP contribution in [0.2, 0.25) is 0 Å². The minimum atomic E-state index is -0.607. The van der Waals surface area contributed by atoms with Gasteiger partial charge in [-0.1, -0.05) is 38.1 Å². The molecule has 6 nitrogen and oxygen atoms in total. The van der Waals surface area contributed by atoms with Crippen LogP contribution in [-0.4, -0.2) is 25.5 Å². The van der Waals surface area contributed by atoms with E-state index >= 15 is 0 Å². The van der Waals surface area contributed by atoms with Gasteiger partial charge in [0.1, 0.15) is 11.6 Å². The number of carbonyl (C=O) groups excluding carboxylic acids is 2. The van der Waals surface area contributed by atoms with Gasteiger partial charge in [-0.15, -0.1) is 0 Å². The lowest BCUT2D eigenvalue weighted by Gasteiger charge is -2.44. The van der Waals surface area contributed by atoms with Gasteiger partial charge in [0.2, 0.25) is 0 Å². The molecule has 0 saturated carbocycles. The lowest BCUT2D eigenvalue weighted by Crippen LogP contribution is -2.43. The predicted octanol–water partition coefficient (Wildman–Crippen LogP) is 4.98. The van der Waals surface area contributed by atoms with E-state index < -0.39 is 11.9 Å². The number of allylic oxidation sites excluding steroid dienone is 2. The van der Waals surface area contributed by atoms with Crippen LogP contribution in [0.25, 0.3) is 0 Å². The Balaban J connectivity index is 2.01. The lowest BCUT2D eigenvalue weighted by atomic mass is 9.68. The summed E-state index contributed by atoms with van der Waals surface area (Å²) in [6.07, 6.45) is 1.06. The van der Waals surface area contributed by atoms with Crippen molar-refractivity contribution in [1.82, 2.24) is 0 Å². The highest BCUT2D eigenvalue weighted by Gasteiger charge is 2.46. The molecule has 2 aromatic carbocycles. The smallest absolute Gasteiger partial charge is 0.338 e. The first-order valence-corrected chi connectivity index (χ1v) is 11.6. The van der Waals surface area contributed by atoms with Crippen LogP contribution < -0.4 is 15.4 Å². The van der Waals surface area contributed by atoms with E-state index in [1.165, 1.54) is 0 Å². The maximum atomic E-state index is 13.7.